The fraction of sp³-hybridized carbons (Fsp3) is 0.286. The minimum absolute atomic E-state index is 0.294. The average Bonchev–Trinajstić information content (AvgIpc) is 2.86. The Balaban J connectivity index is 2.20. The lowest BCUT2D eigenvalue weighted by Crippen LogP contribution is -2.03. The molecule has 0 amide bonds. The quantitative estimate of drug-likeness (QED) is 0.774. The highest BCUT2D eigenvalue weighted by Gasteiger charge is 2.15. The number of nitrogens with zero attached hydrogens (tertiary/aromatic N) is 1. The molecule has 2 rings (SSSR count). The van der Waals surface area contributed by atoms with Crippen molar-refractivity contribution in [3.63, 3.8) is 0 Å². The van der Waals surface area contributed by atoms with Crippen LogP contribution < -0.4 is 9.47 Å². The van der Waals surface area contributed by atoms with E-state index in [-0.39, 0.29) is 6.10 Å². The van der Waals surface area contributed by atoms with Crippen LogP contribution in [-0.2, 0) is 0 Å². The minimum Gasteiger partial charge on any atom is -0.493 e. The van der Waals surface area contributed by atoms with E-state index in [1.54, 1.807) is 18.2 Å². The van der Waals surface area contributed by atoms with E-state index in [0.717, 1.165) is 12.0 Å². The van der Waals surface area contributed by atoms with Crippen LogP contribution in [0.5, 0.6) is 11.5 Å². The first kappa shape index (κ1) is 13.1. The van der Waals surface area contributed by atoms with Gasteiger partial charge in [-0.15, -0.1) is 0 Å². The zero-order valence-electron chi connectivity index (χ0n) is 11.0. The summed E-state index contributed by atoms with van der Waals surface area (Å²) in [5.41, 5.74) is 1.33. The lowest BCUT2D eigenvalue weighted by molar-refractivity contribution is 0.112. The molecule has 2 aromatic rings. The van der Waals surface area contributed by atoms with Crippen molar-refractivity contribution in [1.82, 2.24) is 5.16 Å². The van der Waals surface area contributed by atoms with Gasteiger partial charge in [-0.2, -0.15) is 0 Å². The second-order valence-corrected chi connectivity index (χ2v) is 4.16. The maximum atomic E-state index is 10.7. The van der Waals surface area contributed by atoms with Gasteiger partial charge < -0.3 is 14.0 Å². The van der Waals surface area contributed by atoms with E-state index in [4.69, 9.17) is 14.0 Å². The molecule has 0 N–H and O–H groups in total. The van der Waals surface area contributed by atoms with Crippen LogP contribution in [0.1, 0.15) is 34.8 Å². The molecule has 0 aliphatic rings. The van der Waals surface area contributed by atoms with Crippen LogP contribution in [0.3, 0.4) is 0 Å². The van der Waals surface area contributed by atoms with Gasteiger partial charge in [0.1, 0.15) is 6.29 Å². The molecule has 1 unspecified atom stereocenters. The Hall–Kier alpha value is -2.30. The van der Waals surface area contributed by atoms with E-state index in [1.165, 1.54) is 7.11 Å². The second kappa shape index (κ2) is 5.56. The highest BCUT2D eigenvalue weighted by Crippen LogP contribution is 2.31. The van der Waals surface area contributed by atoms with Gasteiger partial charge in [0.15, 0.2) is 23.4 Å². The molecule has 1 heterocycles. The van der Waals surface area contributed by atoms with E-state index in [9.17, 15) is 4.79 Å². The molecule has 19 heavy (non-hydrogen) atoms. The Morgan fingerprint density at radius 1 is 1.32 bits per heavy atom. The van der Waals surface area contributed by atoms with Crippen LogP contribution in [-0.4, -0.2) is 18.6 Å². The number of aryl methyl sites for hydroxylation is 1. The molecule has 1 atom stereocenters. The molecule has 5 heteroatoms. The summed E-state index contributed by atoms with van der Waals surface area (Å²) in [6, 6.07) is 6.81. The van der Waals surface area contributed by atoms with Crippen molar-refractivity contribution in [2.45, 2.75) is 20.0 Å². The molecule has 1 aromatic carbocycles. The molecular formula is C14H15NO4. The number of carbonyl (C=O) groups is 1. The number of hydrogen-bond acceptors (Lipinski definition) is 5. The summed E-state index contributed by atoms with van der Waals surface area (Å²) in [5, 5.41) is 3.82. The molecule has 0 radical (unpaired) electrons. The molecule has 0 aliphatic heterocycles. The van der Waals surface area contributed by atoms with Gasteiger partial charge in [0.25, 0.3) is 0 Å². The molecule has 100 valence electrons. The topological polar surface area (TPSA) is 61.6 Å². The number of benzene rings is 1. The van der Waals surface area contributed by atoms with Crippen LogP contribution >= 0.6 is 0 Å². The standard InChI is InChI=1S/C14H15NO4/c1-9-6-13(19-15-9)10(2)18-12-5-4-11(8-16)7-14(12)17-3/h4-8,10H,1-3H3. The lowest BCUT2D eigenvalue weighted by Gasteiger charge is -2.14. The van der Waals surface area contributed by atoms with Crippen molar-refractivity contribution in [2.75, 3.05) is 7.11 Å². The van der Waals surface area contributed by atoms with Crippen LogP contribution in [0.15, 0.2) is 28.8 Å². The van der Waals surface area contributed by atoms with Gasteiger partial charge in [0.2, 0.25) is 0 Å². The van der Waals surface area contributed by atoms with Crippen molar-refractivity contribution in [2.24, 2.45) is 0 Å². The van der Waals surface area contributed by atoms with Crippen LogP contribution in [0.4, 0.5) is 0 Å². The van der Waals surface area contributed by atoms with Crippen LogP contribution in [0, 0.1) is 6.92 Å². The van der Waals surface area contributed by atoms with Crippen LogP contribution in [0.25, 0.3) is 0 Å². The third-order valence-electron chi connectivity index (χ3n) is 2.67. The van der Waals surface area contributed by atoms with Gasteiger partial charge in [0.05, 0.1) is 12.8 Å². The monoisotopic (exact) mass is 261 g/mol. The maximum absolute atomic E-state index is 10.7. The normalized spacial score (nSPS) is 11.9. The molecule has 0 bridgehead atoms. The first-order chi connectivity index (χ1) is 9.13. The third kappa shape index (κ3) is 2.93. The number of ether oxygens (including phenoxy) is 2. The average molecular weight is 261 g/mol. The molecule has 5 nitrogen and oxygen atoms in total. The number of aldehydes is 1. The first-order valence-corrected chi connectivity index (χ1v) is 5.87. The molecule has 0 saturated heterocycles. The Morgan fingerprint density at radius 3 is 2.68 bits per heavy atom. The number of rotatable bonds is 5. The van der Waals surface area contributed by atoms with Crippen molar-refractivity contribution < 1.29 is 18.8 Å². The van der Waals surface area contributed by atoms with E-state index >= 15 is 0 Å². The summed E-state index contributed by atoms with van der Waals surface area (Å²) in [6.07, 6.45) is 0.465. The highest BCUT2D eigenvalue weighted by molar-refractivity contribution is 5.76. The Labute approximate surface area is 111 Å². The molecule has 0 aliphatic carbocycles. The molecule has 1 aromatic heterocycles. The maximum Gasteiger partial charge on any atom is 0.177 e. The number of aromatic nitrogens is 1. The van der Waals surface area contributed by atoms with Gasteiger partial charge in [-0.25, -0.2) is 0 Å². The zero-order chi connectivity index (χ0) is 13.8. The van der Waals surface area contributed by atoms with Crippen molar-refractivity contribution in [3.05, 3.63) is 41.3 Å². The number of carbonyl (C=O) groups excluding carboxylic acids is 1. The van der Waals surface area contributed by atoms with E-state index < -0.39 is 0 Å². The summed E-state index contributed by atoms with van der Waals surface area (Å²) < 4.78 is 16.1. The van der Waals surface area contributed by atoms with E-state index in [2.05, 4.69) is 5.16 Å². The molecule has 0 fully saturated rings. The highest BCUT2D eigenvalue weighted by atomic mass is 16.5. The predicted molar refractivity (Wildman–Crippen MR) is 68.7 cm³/mol. The third-order valence-corrected chi connectivity index (χ3v) is 2.67. The van der Waals surface area contributed by atoms with Crippen molar-refractivity contribution >= 4 is 6.29 Å². The molecule has 0 spiro atoms. The number of hydrogen-bond donors (Lipinski definition) is 0. The summed E-state index contributed by atoms with van der Waals surface area (Å²) >= 11 is 0. The van der Waals surface area contributed by atoms with Gasteiger partial charge in [-0.3, -0.25) is 4.79 Å². The van der Waals surface area contributed by atoms with Gasteiger partial charge in [0, 0.05) is 11.6 Å². The SMILES string of the molecule is COc1cc(C=O)ccc1OC(C)c1cc(C)no1. The lowest BCUT2D eigenvalue weighted by atomic mass is 10.2. The summed E-state index contributed by atoms with van der Waals surface area (Å²) in [6.45, 7) is 3.70. The van der Waals surface area contributed by atoms with Crippen molar-refractivity contribution in [1.29, 1.82) is 0 Å². The first-order valence-electron chi connectivity index (χ1n) is 5.87. The van der Waals surface area contributed by atoms with Gasteiger partial charge in [-0.1, -0.05) is 5.16 Å². The van der Waals surface area contributed by atoms with Gasteiger partial charge in [-0.05, 0) is 32.0 Å². The van der Waals surface area contributed by atoms with Crippen LogP contribution in [0.2, 0.25) is 0 Å². The molecular weight excluding hydrogens is 246 g/mol. The smallest absolute Gasteiger partial charge is 0.177 e. The summed E-state index contributed by atoms with van der Waals surface area (Å²) in [4.78, 5) is 10.7. The fourth-order valence-corrected chi connectivity index (χ4v) is 1.68. The second-order valence-electron chi connectivity index (χ2n) is 4.16. The number of methoxy groups -OCH3 is 1. The largest absolute Gasteiger partial charge is 0.493 e. The zero-order valence-corrected chi connectivity index (χ0v) is 11.0. The summed E-state index contributed by atoms with van der Waals surface area (Å²) in [7, 11) is 1.53. The van der Waals surface area contributed by atoms with Gasteiger partial charge >= 0.3 is 0 Å². The molecule has 0 saturated carbocycles. The Bertz CT molecular complexity index is 577. The Kier molecular flexibility index (Phi) is 3.85. The summed E-state index contributed by atoms with van der Waals surface area (Å²) in [5.74, 6) is 1.70. The fourth-order valence-electron chi connectivity index (χ4n) is 1.68. The van der Waals surface area contributed by atoms with E-state index in [0.29, 0.717) is 22.8 Å². The van der Waals surface area contributed by atoms with E-state index in [1.807, 2.05) is 19.9 Å². The Morgan fingerprint density at radius 2 is 2.11 bits per heavy atom. The predicted octanol–water partition coefficient (Wildman–Crippen LogP) is 2.94. The van der Waals surface area contributed by atoms with Crippen molar-refractivity contribution in [3.8, 4) is 11.5 Å². The minimum atomic E-state index is -0.294.